The Labute approximate surface area is 64.8 Å². The van der Waals surface area contributed by atoms with Crippen LogP contribution in [0.15, 0.2) is 6.33 Å². The van der Waals surface area contributed by atoms with Gasteiger partial charge in [0.25, 0.3) is 0 Å². The van der Waals surface area contributed by atoms with Crippen molar-refractivity contribution in [1.82, 2.24) is 14.9 Å². The van der Waals surface area contributed by atoms with Crippen molar-refractivity contribution in [3.05, 3.63) is 6.33 Å². The van der Waals surface area contributed by atoms with Crippen molar-refractivity contribution < 1.29 is 0 Å². The van der Waals surface area contributed by atoms with Crippen LogP contribution in [0.3, 0.4) is 0 Å². The van der Waals surface area contributed by atoms with Crippen molar-refractivity contribution in [3.63, 3.8) is 0 Å². The largest absolute Gasteiger partial charge is 0.353 e. The first kappa shape index (κ1) is 6.45. The minimum absolute atomic E-state index is 0.472. The van der Waals surface area contributed by atoms with E-state index in [4.69, 9.17) is 0 Å². The standard InChI is InChI=1S/C6H11N5/c1-5-2-3-7-6-9-8-4-11(6)10-5/h4-5,10H,2-3H2,1H3,(H,7,9). The van der Waals surface area contributed by atoms with Gasteiger partial charge in [-0.15, -0.1) is 10.2 Å². The third-order valence-corrected chi connectivity index (χ3v) is 1.77. The highest BCUT2D eigenvalue weighted by molar-refractivity contribution is 5.26. The minimum Gasteiger partial charge on any atom is -0.353 e. The van der Waals surface area contributed by atoms with Gasteiger partial charge in [-0.2, -0.15) is 0 Å². The molecule has 0 saturated heterocycles. The number of nitrogens with zero attached hydrogens (tertiary/aromatic N) is 3. The molecule has 11 heavy (non-hydrogen) atoms. The summed E-state index contributed by atoms with van der Waals surface area (Å²) in [4.78, 5) is 0. The molecule has 5 nitrogen and oxygen atoms in total. The van der Waals surface area contributed by atoms with Gasteiger partial charge in [0.2, 0.25) is 5.95 Å². The summed E-state index contributed by atoms with van der Waals surface area (Å²) < 4.78 is 1.82. The molecule has 0 bridgehead atoms. The summed E-state index contributed by atoms with van der Waals surface area (Å²) in [5.74, 6) is 0.800. The SMILES string of the molecule is CC1CCNc2nncn2N1. The number of rotatable bonds is 0. The van der Waals surface area contributed by atoms with Gasteiger partial charge in [0.15, 0.2) is 0 Å². The first-order valence-electron chi connectivity index (χ1n) is 3.77. The van der Waals surface area contributed by atoms with E-state index in [9.17, 15) is 0 Å². The predicted octanol–water partition coefficient (Wildman–Crippen LogP) is 0.0257. The van der Waals surface area contributed by atoms with Crippen LogP contribution < -0.4 is 10.7 Å². The molecule has 0 saturated carbocycles. The maximum Gasteiger partial charge on any atom is 0.243 e. The predicted molar refractivity (Wildman–Crippen MR) is 42.0 cm³/mol. The molecule has 1 atom stereocenters. The van der Waals surface area contributed by atoms with Gasteiger partial charge in [-0.3, -0.25) is 0 Å². The summed E-state index contributed by atoms with van der Waals surface area (Å²) in [6, 6.07) is 0.472. The van der Waals surface area contributed by atoms with Crippen molar-refractivity contribution in [1.29, 1.82) is 0 Å². The van der Waals surface area contributed by atoms with Crippen LogP contribution >= 0.6 is 0 Å². The molecule has 0 aliphatic carbocycles. The van der Waals surface area contributed by atoms with Crippen LogP contribution in [0.25, 0.3) is 0 Å². The maximum absolute atomic E-state index is 3.89. The molecule has 1 unspecified atom stereocenters. The Morgan fingerprint density at radius 2 is 2.64 bits per heavy atom. The molecule has 1 aliphatic heterocycles. The van der Waals surface area contributed by atoms with E-state index in [0.717, 1.165) is 18.9 Å². The molecule has 0 radical (unpaired) electrons. The zero-order valence-electron chi connectivity index (χ0n) is 6.41. The van der Waals surface area contributed by atoms with Crippen LogP contribution in [0.2, 0.25) is 0 Å². The molecule has 2 rings (SSSR count). The molecule has 1 aromatic heterocycles. The van der Waals surface area contributed by atoms with Gasteiger partial charge in [-0.1, -0.05) is 0 Å². The van der Waals surface area contributed by atoms with Crippen LogP contribution in [0, 0.1) is 0 Å². The van der Waals surface area contributed by atoms with Crippen molar-refractivity contribution in [2.24, 2.45) is 0 Å². The number of hydrogen-bond acceptors (Lipinski definition) is 4. The second kappa shape index (κ2) is 2.41. The lowest BCUT2D eigenvalue weighted by atomic mass is 10.2. The summed E-state index contributed by atoms with van der Waals surface area (Å²) in [6.07, 6.45) is 2.77. The van der Waals surface area contributed by atoms with Crippen molar-refractivity contribution in [2.45, 2.75) is 19.4 Å². The number of nitrogens with one attached hydrogen (secondary N) is 2. The van der Waals surface area contributed by atoms with E-state index in [2.05, 4.69) is 27.9 Å². The van der Waals surface area contributed by atoms with Gasteiger partial charge in [0.1, 0.15) is 6.33 Å². The highest BCUT2D eigenvalue weighted by Gasteiger charge is 2.10. The van der Waals surface area contributed by atoms with E-state index in [0.29, 0.717) is 6.04 Å². The van der Waals surface area contributed by atoms with Crippen molar-refractivity contribution in [2.75, 3.05) is 17.3 Å². The number of hydrogen-bond donors (Lipinski definition) is 2. The molecule has 0 aromatic carbocycles. The quantitative estimate of drug-likeness (QED) is 0.552. The Morgan fingerprint density at radius 3 is 3.55 bits per heavy atom. The van der Waals surface area contributed by atoms with E-state index in [1.807, 2.05) is 4.68 Å². The third-order valence-electron chi connectivity index (χ3n) is 1.77. The number of anilines is 1. The normalized spacial score (nSPS) is 22.8. The molecule has 60 valence electrons. The van der Waals surface area contributed by atoms with Gasteiger partial charge in [0, 0.05) is 12.6 Å². The summed E-state index contributed by atoms with van der Waals surface area (Å²) in [5.41, 5.74) is 3.23. The lowest BCUT2D eigenvalue weighted by Gasteiger charge is -2.10. The second-order valence-electron chi connectivity index (χ2n) is 2.77. The average molecular weight is 153 g/mol. The van der Waals surface area contributed by atoms with Gasteiger partial charge in [-0.25, -0.2) is 4.68 Å². The lowest BCUT2D eigenvalue weighted by Crippen LogP contribution is -2.22. The molecule has 2 N–H and O–H groups in total. The Bertz CT molecular complexity index is 243. The molecule has 0 fully saturated rings. The zero-order valence-corrected chi connectivity index (χ0v) is 6.41. The van der Waals surface area contributed by atoms with E-state index >= 15 is 0 Å². The van der Waals surface area contributed by atoms with Crippen LogP contribution in [0.1, 0.15) is 13.3 Å². The number of fused-ring (bicyclic) bond motifs is 1. The Morgan fingerprint density at radius 1 is 1.73 bits per heavy atom. The van der Waals surface area contributed by atoms with Crippen molar-refractivity contribution in [3.8, 4) is 0 Å². The monoisotopic (exact) mass is 153 g/mol. The van der Waals surface area contributed by atoms with E-state index < -0.39 is 0 Å². The molecular formula is C6H11N5. The van der Waals surface area contributed by atoms with Gasteiger partial charge in [0.05, 0.1) is 0 Å². The average Bonchev–Trinajstić information content (AvgIpc) is 2.31. The maximum atomic E-state index is 3.89. The summed E-state index contributed by atoms with van der Waals surface area (Å²) >= 11 is 0. The minimum atomic E-state index is 0.472. The highest BCUT2D eigenvalue weighted by atomic mass is 15.5. The van der Waals surface area contributed by atoms with Gasteiger partial charge >= 0.3 is 0 Å². The second-order valence-corrected chi connectivity index (χ2v) is 2.77. The van der Waals surface area contributed by atoms with Crippen LogP contribution in [-0.4, -0.2) is 27.5 Å². The third kappa shape index (κ3) is 1.13. The fourth-order valence-electron chi connectivity index (χ4n) is 1.15. The molecule has 0 amide bonds. The van der Waals surface area contributed by atoms with E-state index in [1.54, 1.807) is 6.33 Å². The molecule has 1 aliphatic rings. The van der Waals surface area contributed by atoms with Crippen LogP contribution in [0.4, 0.5) is 5.95 Å². The van der Waals surface area contributed by atoms with Gasteiger partial charge < -0.3 is 10.7 Å². The lowest BCUT2D eigenvalue weighted by molar-refractivity contribution is 0.677. The fraction of sp³-hybridized carbons (Fsp3) is 0.667. The zero-order chi connectivity index (χ0) is 7.68. The summed E-state index contributed by atoms with van der Waals surface area (Å²) in [6.45, 7) is 3.09. The molecule has 1 aromatic rings. The first-order valence-corrected chi connectivity index (χ1v) is 3.77. The first-order chi connectivity index (χ1) is 5.36. The molecule has 0 spiro atoms. The smallest absolute Gasteiger partial charge is 0.243 e. The fourth-order valence-corrected chi connectivity index (χ4v) is 1.15. The summed E-state index contributed by atoms with van der Waals surface area (Å²) in [7, 11) is 0. The van der Waals surface area contributed by atoms with Crippen LogP contribution in [0.5, 0.6) is 0 Å². The van der Waals surface area contributed by atoms with Crippen molar-refractivity contribution >= 4 is 5.95 Å². The Hall–Kier alpha value is -1.26. The molecular weight excluding hydrogens is 142 g/mol. The number of aromatic nitrogens is 3. The Balaban J connectivity index is 2.26. The highest BCUT2D eigenvalue weighted by Crippen LogP contribution is 2.06. The van der Waals surface area contributed by atoms with E-state index in [1.165, 1.54) is 0 Å². The van der Waals surface area contributed by atoms with Gasteiger partial charge in [-0.05, 0) is 13.3 Å². The van der Waals surface area contributed by atoms with E-state index in [-0.39, 0.29) is 0 Å². The topological polar surface area (TPSA) is 54.8 Å². The summed E-state index contributed by atoms with van der Waals surface area (Å²) in [5, 5.41) is 10.8. The van der Waals surface area contributed by atoms with Crippen LogP contribution in [-0.2, 0) is 0 Å². The molecule has 5 heteroatoms. The molecule has 2 heterocycles. The Kier molecular flexibility index (Phi) is 1.41.